The fourth-order valence-corrected chi connectivity index (χ4v) is 3.99. The molecule has 1 aromatic rings. The third-order valence-electron chi connectivity index (χ3n) is 4.34. The molecule has 2 rings (SSSR count). The summed E-state index contributed by atoms with van der Waals surface area (Å²) in [5.74, 6) is 1.58. The average Bonchev–Trinajstić information content (AvgIpc) is 2.87. The molecule has 1 saturated heterocycles. The van der Waals surface area contributed by atoms with E-state index in [-0.39, 0.29) is 6.04 Å². The maximum atomic E-state index is 6.39. The van der Waals surface area contributed by atoms with Crippen molar-refractivity contribution >= 4 is 11.3 Å². The lowest BCUT2D eigenvalue weighted by molar-refractivity contribution is 0.204. The van der Waals surface area contributed by atoms with Crippen molar-refractivity contribution < 1.29 is 0 Å². The quantitative estimate of drug-likeness (QED) is 0.905. The van der Waals surface area contributed by atoms with Crippen molar-refractivity contribution in [2.24, 2.45) is 17.6 Å². The van der Waals surface area contributed by atoms with Gasteiger partial charge in [0, 0.05) is 28.9 Å². The van der Waals surface area contributed by atoms with Crippen LogP contribution in [0.15, 0.2) is 12.1 Å². The summed E-state index contributed by atoms with van der Waals surface area (Å²) in [4.78, 5) is 5.44. The molecule has 0 radical (unpaired) electrons. The van der Waals surface area contributed by atoms with Gasteiger partial charge in [-0.2, -0.15) is 0 Å². The molecule has 2 heterocycles. The zero-order chi connectivity index (χ0) is 13.3. The van der Waals surface area contributed by atoms with Crippen LogP contribution in [0.3, 0.4) is 0 Å². The van der Waals surface area contributed by atoms with Crippen molar-refractivity contribution in [1.82, 2.24) is 4.90 Å². The van der Waals surface area contributed by atoms with Crippen molar-refractivity contribution in [3.63, 3.8) is 0 Å². The van der Waals surface area contributed by atoms with Gasteiger partial charge in [0.05, 0.1) is 6.04 Å². The first-order valence-corrected chi connectivity index (χ1v) is 7.90. The molecular weight excluding hydrogens is 240 g/mol. The Bertz CT molecular complexity index is 378. The van der Waals surface area contributed by atoms with Crippen LogP contribution in [-0.2, 0) is 0 Å². The van der Waals surface area contributed by atoms with Gasteiger partial charge in [0.25, 0.3) is 0 Å². The van der Waals surface area contributed by atoms with E-state index in [1.54, 1.807) is 0 Å². The van der Waals surface area contributed by atoms with E-state index in [1.165, 1.54) is 22.8 Å². The Morgan fingerprint density at radius 2 is 1.94 bits per heavy atom. The maximum absolute atomic E-state index is 6.39. The standard InChI is InChI=1S/C15H26N2S/c1-5-13(16)15(14-7-6-12(4)18-14)17-8-10(2)11(3)9-17/h6-7,10-11,13,15H,5,8-9,16H2,1-4H3. The monoisotopic (exact) mass is 266 g/mol. The summed E-state index contributed by atoms with van der Waals surface area (Å²) < 4.78 is 0. The van der Waals surface area contributed by atoms with Gasteiger partial charge in [0.1, 0.15) is 0 Å². The van der Waals surface area contributed by atoms with Crippen LogP contribution in [0.5, 0.6) is 0 Å². The Labute approximate surface area is 115 Å². The van der Waals surface area contributed by atoms with Gasteiger partial charge in [-0.15, -0.1) is 11.3 Å². The highest BCUT2D eigenvalue weighted by molar-refractivity contribution is 7.12. The van der Waals surface area contributed by atoms with E-state index < -0.39 is 0 Å². The SMILES string of the molecule is CCC(N)C(c1ccc(C)s1)N1CC(C)C(C)C1. The number of nitrogens with two attached hydrogens (primary N) is 1. The van der Waals surface area contributed by atoms with E-state index in [2.05, 4.69) is 44.7 Å². The molecule has 3 heteroatoms. The zero-order valence-electron chi connectivity index (χ0n) is 12.0. The molecule has 2 nitrogen and oxygen atoms in total. The minimum Gasteiger partial charge on any atom is -0.326 e. The molecule has 0 aliphatic carbocycles. The summed E-state index contributed by atoms with van der Waals surface area (Å²) in [5.41, 5.74) is 6.39. The van der Waals surface area contributed by atoms with E-state index in [0.717, 1.165) is 18.3 Å². The normalized spacial score (nSPS) is 28.5. The largest absolute Gasteiger partial charge is 0.326 e. The smallest absolute Gasteiger partial charge is 0.0593 e. The Hall–Kier alpha value is -0.380. The van der Waals surface area contributed by atoms with Crippen molar-refractivity contribution in [3.05, 3.63) is 21.9 Å². The number of likely N-dealkylation sites (tertiary alicyclic amines) is 1. The van der Waals surface area contributed by atoms with Gasteiger partial charge < -0.3 is 5.73 Å². The molecule has 102 valence electrons. The summed E-state index contributed by atoms with van der Waals surface area (Å²) in [6.45, 7) is 11.5. The van der Waals surface area contributed by atoms with E-state index in [1.807, 2.05) is 11.3 Å². The molecule has 2 N–H and O–H groups in total. The summed E-state index contributed by atoms with van der Waals surface area (Å²) in [5, 5.41) is 0. The topological polar surface area (TPSA) is 29.3 Å². The van der Waals surface area contributed by atoms with Crippen LogP contribution in [0.2, 0.25) is 0 Å². The Kier molecular flexibility index (Phi) is 4.46. The van der Waals surface area contributed by atoms with Crippen LogP contribution in [-0.4, -0.2) is 24.0 Å². The summed E-state index contributed by atoms with van der Waals surface area (Å²) >= 11 is 1.91. The lowest BCUT2D eigenvalue weighted by Crippen LogP contribution is -2.39. The Morgan fingerprint density at radius 1 is 1.33 bits per heavy atom. The summed E-state index contributed by atoms with van der Waals surface area (Å²) in [6, 6.07) is 5.16. The first-order chi connectivity index (χ1) is 8.52. The molecule has 0 bridgehead atoms. The number of aryl methyl sites for hydroxylation is 1. The van der Waals surface area contributed by atoms with Crippen molar-refractivity contribution in [1.29, 1.82) is 0 Å². The predicted molar refractivity (Wildman–Crippen MR) is 80.0 cm³/mol. The molecule has 4 atom stereocenters. The van der Waals surface area contributed by atoms with Gasteiger partial charge in [-0.25, -0.2) is 0 Å². The minimum atomic E-state index is 0.251. The average molecular weight is 266 g/mol. The first kappa shape index (κ1) is 14.0. The number of hydrogen-bond donors (Lipinski definition) is 1. The fraction of sp³-hybridized carbons (Fsp3) is 0.733. The van der Waals surface area contributed by atoms with Gasteiger partial charge in [0.15, 0.2) is 0 Å². The van der Waals surface area contributed by atoms with Gasteiger partial charge in [-0.3, -0.25) is 4.90 Å². The zero-order valence-corrected chi connectivity index (χ0v) is 12.8. The van der Waals surface area contributed by atoms with Crippen molar-refractivity contribution in [3.8, 4) is 0 Å². The highest BCUT2D eigenvalue weighted by atomic mass is 32.1. The Balaban J connectivity index is 2.21. The van der Waals surface area contributed by atoms with Crippen LogP contribution in [0.4, 0.5) is 0 Å². The van der Waals surface area contributed by atoms with Crippen LogP contribution in [0.1, 0.15) is 43.0 Å². The van der Waals surface area contributed by atoms with Crippen LogP contribution in [0.25, 0.3) is 0 Å². The predicted octanol–water partition coefficient (Wildman–Crippen LogP) is 3.42. The van der Waals surface area contributed by atoms with Gasteiger partial charge in [-0.1, -0.05) is 20.8 Å². The van der Waals surface area contributed by atoms with E-state index in [9.17, 15) is 0 Å². The lowest BCUT2D eigenvalue weighted by Gasteiger charge is -2.31. The molecule has 18 heavy (non-hydrogen) atoms. The molecule has 0 aromatic carbocycles. The van der Waals surface area contributed by atoms with Crippen molar-refractivity contribution in [2.75, 3.05) is 13.1 Å². The summed E-state index contributed by atoms with van der Waals surface area (Å²) in [7, 11) is 0. The van der Waals surface area contributed by atoms with E-state index >= 15 is 0 Å². The molecule has 4 unspecified atom stereocenters. The van der Waals surface area contributed by atoms with Gasteiger partial charge in [-0.05, 0) is 37.3 Å². The second-order valence-corrected chi connectivity index (χ2v) is 7.19. The maximum Gasteiger partial charge on any atom is 0.0593 e. The third-order valence-corrected chi connectivity index (χ3v) is 5.41. The number of rotatable bonds is 4. The molecular formula is C15H26N2S. The van der Waals surface area contributed by atoms with Crippen molar-refractivity contribution in [2.45, 2.75) is 46.2 Å². The molecule has 1 aromatic heterocycles. The second kappa shape index (κ2) is 5.72. The highest BCUT2D eigenvalue weighted by Crippen LogP contribution is 2.35. The number of nitrogens with zero attached hydrogens (tertiary/aromatic N) is 1. The molecule has 1 aliphatic heterocycles. The molecule has 1 fully saturated rings. The van der Waals surface area contributed by atoms with E-state index in [0.29, 0.717) is 6.04 Å². The number of hydrogen-bond acceptors (Lipinski definition) is 3. The minimum absolute atomic E-state index is 0.251. The summed E-state index contributed by atoms with van der Waals surface area (Å²) in [6.07, 6.45) is 1.04. The molecule has 0 amide bonds. The fourth-order valence-electron chi connectivity index (χ4n) is 2.90. The third kappa shape index (κ3) is 2.79. The van der Waals surface area contributed by atoms with Gasteiger partial charge in [0.2, 0.25) is 0 Å². The lowest BCUT2D eigenvalue weighted by atomic mass is 10.0. The van der Waals surface area contributed by atoms with E-state index in [4.69, 9.17) is 5.73 Å². The van der Waals surface area contributed by atoms with Crippen LogP contribution >= 0.6 is 11.3 Å². The Morgan fingerprint density at radius 3 is 2.39 bits per heavy atom. The number of thiophene rings is 1. The molecule has 0 saturated carbocycles. The van der Waals surface area contributed by atoms with Crippen LogP contribution in [0, 0.1) is 18.8 Å². The highest BCUT2D eigenvalue weighted by Gasteiger charge is 2.34. The second-order valence-electron chi connectivity index (χ2n) is 5.87. The first-order valence-electron chi connectivity index (χ1n) is 7.08. The molecule has 0 spiro atoms. The molecule has 1 aliphatic rings. The van der Waals surface area contributed by atoms with Gasteiger partial charge >= 0.3 is 0 Å². The van der Waals surface area contributed by atoms with Crippen LogP contribution < -0.4 is 5.73 Å².